The summed E-state index contributed by atoms with van der Waals surface area (Å²) in [5.74, 6) is 3.33. The van der Waals surface area contributed by atoms with E-state index in [-0.39, 0.29) is 18.3 Å². The van der Waals surface area contributed by atoms with Crippen molar-refractivity contribution in [1.29, 1.82) is 0 Å². The molecule has 1 aliphatic heterocycles. The lowest BCUT2D eigenvalue weighted by atomic mass is 9.89. The predicted molar refractivity (Wildman–Crippen MR) is 84.7 cm³/mol. The van der Waals surface area contributed by atoms with E-state index in [4.69, 9.17) is 18.8 Å². The first kappa shape index (κ1) is 15.9. The van der Waals surface area contributed by atoms with E-state index in [1.54, 1.807) is 14.2 Å². The van der Waals surface area contributed by atoms with Gasteiger partial charge in [0.2, 0.25) is 0 Å². The van der Waals surface area contributed by atoms with Crippen molar-refractivity contribution in [3.05, 3.63) is 29.7 Å². The fourth-order valence-electron chi connectivity index (χ4n) is 2.11. The van der Waals surface area contributed by atoms with E-state index >= 15 is 0 Å². The Morgan fingerprint density at radius 2 is 1.52 bits per heavy atom. The van der Waals surface area contributed by atoms with Crippen molar-refractivity contribution in [1.82, 2.24) is 0 Å². The van der Waals surface area contributed by atoms with Crippen LogP contribution < -0.4 is 9.47 Å². The molecule has 1 fully saturated rings. The van der Waals surface area contributed by atoms with E-state index in [1.165, 1.54) is 0 Å². The topological polar surface area (TPSA) is 36.9 Å². The van der Waals surface area contributed by atoms with Crippen LogP contribution in [0.1, 0.15) is 33.3 Å². The average molecular weight is 290 g/mol. The van der Waals surface area contributed by atoms with Crippen LogP contribution in [0.5, 0.6) is 11.5 Å². The smallest absolute Gasteiger partial charge is 0.487 e. The van der Waals surface area contributed by atoms with E-state index < -0.39 is 0 Å². The third-order valence-electron chi connectivity index (χ3n) is 4.12. The normalized spacial score (nSPS) is 20.0. The van der Waals surface area contributed by atoms with Gasteiger partial charge in [0.25, 0.3) is 0 Å². The van der Waals surface area contributed by atoms with Gasteiger partial charge in [-0.05, 0) is 45.4 Å². The summed E-state index contributed by atoms with van der Waals surface area (Å²) in [4.78, 5) is 0. The lowest BCUT2D eigenvalue weighted by Gasteiger charge is -2.32. The van der Waals surface area contributed by atoms with Crippen LogP contribution in [0.25, 0.3) is 6.08 Å². The Labute approximate surface area is 127 Å². The summed E-state index contributed by atoms with van der Waals surface area (Å²) in [5, 5.41) is 0. The Bertz CT molecular complexity index is 521. The molecule has 4 nitrogen and oxygen atoms in total. The molecule has 1 aliphatic rings. The first-order chi connectivity index (χ1) is 9.79. The minimum Gasteiger partial charge on any atom is -0.493 e. The minimum atomic E-state index is -0.344. The van der Waals surface area contributed by atoms with Crippen molar-refractivity contribution in [2.24, 2.45) is 0 Å². The molecule has 2 rings (SSSR count). The van der Waals surface area contributed by atoms with E-state index in [0.29, 0.717) is 11.5 Å². The van der Waals surface area contributed by atoms with Crippen molar-refractivity contribution in [2.45, 2.75) is 38.9 Å². The Morgan fingerprint density at radius 1 is 0.952 bits per heavy atom. The number of methoxy groups -OCH3 is 2. The maximum absolute atomic E-state index is 5.92. The number of ether oxygens (including phenoxy) is 2. The van der Waals surface area contributed by atoms with Gasteiger partial charge in [-0.3, -0.25) is 0 Å². The van der Waals surface area contributed by atoms with Crippen molar-refractivity contribution < 1.29 is 18.8 Å². The molecule has 0 spiro atoms. The predicted octanol–water partition coefficient (Wildman–Crippen LogP) is 3.35. The molecule has 0 aromatic heterocycles. The Morgan fingerprint density at radius 3 is 2.05 bits per heavy atom. The van der Waals surface area contributed by atoms with Gasteiger partial charge in [0.15, 0.2) is 11.5 Å². The van der Waals surface area contributed by atoms with E-state index in [2.05, 4.69) is 0 Å². The highest BCUT2D eigenvalue weighted by atomic mass is 16.7. The molecule has 0 atom stereocenters. The molecular weight excluding hydrogens is 267 g/mol. The van der Waals surface area contributed by atoms with Crippen molar-refractivity contribution in [3.8, 4) is 11.5 Å². The summed E-state index contributed by atoms with van der Waals surface area (Å²) in [6.07, 6.45) is 1.96. The summed E-state index contributed by atoms with van der Waals surface area (Å²) in [6, 6.07) is 5.76. The average Bonchev–Trinajstić information content (AvgIpc) is 2.64. The monoisotopic (exact) mass is 290 g/mol. The first-order valence-corrected chi connectivity index (χ1v) is 7.05. The third kappa shape index (κ3) is 3.25. The summed E-state index contributed by atoms with van der Waals surface area (Å²) >= 11 is 0. The maximum Gasteiger partial charge on any atom is 0.487 e. The molecule has 1 saturated heterocycles. The van der Waals surface area contributed by atoms with Crippen LogP contribution in [0, 0.1) is 0 Å². The zero-order valence-electron chi connectivity index (χ0n) is 13.6. The number of rotatable bonds is 4. The zero-order valence-corrected chi connectivity index (χ0v) is 13.6. The maximum atomic E-state index is 5.92. The second-order valence-corrected chi connectivity index (χ2v) is 6.10. The SMILES string of the molecule is COc1ccc(/C=C/B2OC(C)(C)C(C)(C)O2)cc1OC. The van der Waals surface area contributed by atoms with E-state index in [9.17, 15) is 0 Å². The minimum absolute atomic E-state index is 0.320. The van der Waals surface area contributed by atoms with Crippen LogP contribution in [0.3, 0.4) is 0 Å². The lowest BCUT2D eigenvalue weighted by Crippen LogP contribution is -2.41. The lowest BCUT2D eigenvalue weighted by molar-refractivity contribution is 0.00578. The fourth-order valence-corrected chi connectivity index (χ4v) is 2.11. The molecule has 0 aliphatic carbocycles. The Balaban J connectivity index is 2.12. The summed E-state index contributed by atoms with van der Waals surface area (Å²) < 4.78 is 22.4. The van der Waals surface area contributed by atoms with Crippen molar-refractivity contribution in [3.63, 3.8) is 0 Å². The third-order valence-corrected chi connectivity index (χ3v) is 4.12. The molecule has 0 N–H and O–H groups in total. The number of hydrogen-bond donors (Lipinski definition) is 0. The molecule has 21 heavy (non-hydrogen) atoms. The first-order valence-electron chi connectivity index (χ1n) is 7.05. The standard InChI is InChI=1S/C16H23BO4/c1-15(2)16(3,4)21-17(20-15)10-9-12-7-8-13(18-5)14(11-12)19-6/h7-11H,1-6H3/b10-9+. The van der Waals surface area contributed by atoms with Gasteiger partial charge >= 0.3 is 7.12 Å². The Hall–Kier alpha value is -1.46. The molecule has 5 heteroatoms. The molecule has 114 valence electrons. The van der Waals surface area contributed by atoms with Gasteiger partial charge < -0.3 is 18.8 Å². The highest BCUT2D eigenvalue weighted by Crippen LogP contribution is 2.37. The fraction of sp³-hybridized carbons (Fsp3) is 0.500. The quantitative estimate of drug-likeness (QED) is 0.797. The van der Waals surface area contributed by atoms with Gasteiger partial charge in [0.1, 0.15) is 0 Å². The molecular formula is C16H23BO4. The molecule has 0 bridgehead atoms. The van der Waals surface area contributed by atoms with Gasteiger partial charge in [-0.1, -0.05) is 18.1 Å². The molecule has 0 unspecified atom stereocenters. The van der Waals surface area contributed by atoms with Gasteiger partial charge in [0.05, 0.1) is 25.4 Å². The second-order valence-electron chi connectivity index (χ2n) is 6.10. The molecule has 0 saturated carbocycles. The highest BCUT2D eigenvalue weighted by Gasteiger charge is 2.49. The van der Waals surface area contributed by atoms with Crippen LogP contribution in [0.4, 0.5) is 0 Å². The van der Waals surface area contributed by atoms with Crippen molar-refractivity contribution >= 4 is 13.2 Å². The largest absolute Gasteiger partial charge is 0.493 e. The van der Waals surface area contributed by atoms with Crippen LogP contribution in [0.15, 0.2) is 24.2 Å². The molecule has 1 aromatic carbocycles. The van der Waals surface area contributed by atoms with Crippen LogP contribution in [-0.4, -0.2) is 32.5 Å². The Kier molecular flexibility index (Phi) is 4.35. The number of hydrogen-bond acceptors (Lipinski definition) is 4. The molecule has 0 amide bonds. The van der Waals surface area contributed by atoms with Crippen LogP contribution in [-0.2, 0) is 9.31 Å². The van der Waals surface area contributed by atoms with Crippen LogP contribution >= 0.6 is 0 Å². The highest BCUT2D eigenvalue weighted by molar-refractivity contribution is 6.52. The molecule has 1 heterocycles. The van der Waals surface area contributed by atoms with Gasteiger partial charge in [-0.2, -0.15) is 0 Å². The molecule has 1 aromatic rings. The van der Waals surface area contributed by atoms with Gasteiger partial charge in [-0.25, -0.2) is 0 Å². The zero-order chi connectivity index (χ0) is 15.7. The second kappa shape index (κ2) is 5.74. The van der Waals surface area contributed by atoms with E-state index in [1.807, 2.05) is 57.9 Å². The van der Waals surface area contributed by atoms with Crippen LogP contribution in [0.2, 0.25) is 0 Å². The van der Waals surface area contributed by atoms with Gasteiger partial charge in [-0.15, -0.1) is 0 Å². The molecule has 0 radical (unpaired) electrons. The number of benzene rings is 1. The summed E-state index contributed by atoms with van der Waals surface area (Å²) in [6.45, 7) is 8.16. The van der Waals surface area contributed by atoms with E-state index in [0.717, 1.165) is 5.56 Å². The van der Waals surface area contributed by atoms with Gasteiger partial charge in [0, 0.05) is 0 Å². The van der Waals surface area contributed by atoms with Crippen molar-refractivity contribution in [2.75, 3.05) is 14.2 Å². The summed E-state index contributed by atoms with van der Waals surface area (Å²) in [7, 11) is 2.90. The summed E-state index contributed by atoms with van der Waals surface area (Å²) in [5.41, 5.74) is 0.363.